The zero-order chi connectivity index (χ0) is 13.0. The number of benzene rings is 1. The first-order chi connectivity index (χ1) is 8.70. The van der Waals surface area contributed by atoms with E-state index in [1.54, 1.807) is 0 Å². The maximum atomic E-state index is 12.0. The zero-order valence-corrected chi connectivity index (χ0v) is 11.7. The van der Waals surface area contributed by atoms with Crippen LogP contribution in [0, 0.1) is 0 Å². The van der Waals surface area contributed by atoms with Crippen LogP contribution in [0.2, 0.25) is 0 Å². The van der Waals surface area contributed by atoms with E-state index >= 15 is 0 Å². The van der Waals surface area contributed by atoms with Gasteiger partial charge in [-0.3, -0.25) is 4.79 Å². The number of carbonyl (C=O) groups is 1. The Hall–Kier alpha value is -1.07. The molecule has 1 aromatic carbocycles. The quantitative estimate of drug-likeness (QED) is 0.922. The van der Waals surface area contributed by atoms with Gasteiger partial charge in [-0.1, -0.05) is 22.0 Å². The van der Waals surface area contributed by atoms with Gasteiger partial charge in [0.05, 0.1) is 0 Å². The molecule has 0 spiro atoms. The van der Waals surface area contributed by atoms with Gasteiger partial charge in [-0.2, -0.15) is 0 Å². The second-order valence-corrected chi connectivity index (χ2v) is 5.28. The van der Waals surface area contributed by atoms with Gasteiger partial charge in [0.1, 0.15) is 5.75 Å². The maximum Gasteiger partial charge on any atom is 0.260 e. The summed E-state index contributed by atoms with van der Waals surface area (Å²) in [4.78, 5) is 13.8. The van der Waals surface area contributed by atoms with Gasteiger partial charge in [0.15, 0.2) is 6.61 Å². The molecule has 98 valence electrons. The van der Waals surface area contributed by atoms with Crippen molar-refractivity contribution in [3.05, 3.63) is 28.7 Å². The molecule has 1 unspecified atom stereocenters. The Morgan fingerprint density at radius 2 is 2.39 bits per heavy atom. The number of nitrogens with zero attached hydrogens (tertiary/aromatic N) is 1. The fourth-order valence-corrected chi connectivity index (χ4v) is 2.57. The van der Waals surface area contributed by atoms with E-state index in [-0.39, 0.29) is 18.6 Å². The SMILES string of the molecule is NCC1CCCN1C(=O)COc1cccc(Br)c1. The minimum Gasteiger partial charge on any atom is -0.484 e. The van der Waals surface area contributed by atoms with Crippen molar-refractivity contribution in [3.63, 3.8) is 0 Å². The van der Waals surface area contributed by atoms with Crippen LogP contribution in [-0.2, 0) is 4.79 Å². The topological polar surface area (TPSA) is 55.6 Å². The molecular weight excluding hydrogens is 296 g/mol. The van der Waals surface area contributed by atoms with Crippen LogP contribution in [0.5, 0.6) is 5.75 Å². The second-order valence-electron chi connectivity index (χ2n) is 4.36. The molecule has 2 rings (SSSR count). The van der Waals surface area contributed by atoms with Crippen LogP contribution in [0.4, 0.5) is 0 Å². The number of hydrogen-bond donors (Lipinski definition) is 1. The molecule has 1 amide bonds. The fourth-order valence-electron chi connectivity index (χ4n) is 2.19. The van der Waals surface area contributed by atoms with E-state index in [0.717, 1.165) is 23.9 Å². The van der Waals surface area contributed by atoms with Crippen LogP contribution in [0.1, 0.15) is 12.8 Å². The van der Waals surface area contributed by atoms with E-state index in [2.05, 4.69) is 15.9 Å². The first kappa shape index (κ1) is 13.4. The molecule has 18 heavy (non-hydrogen) atoms. The third-order valence-electron chi connectivity index (χ3n) is 3.13. The molecule has 1 atom stereocenters. The van der Waals surface area contributed by atoms with Crippen molar-refractivity contribution in [1.82, 2.24) is 4.90 Å². The number of ether oxygens (including phenoxy) is 1. The van der Waals surface area contributed by atoms with Crippen molar-refractivity contribution in [2.75, 3.05) is 19.7 Å². The van der Waals surface area contributed by atoms with E-state index in [0.29, 0.717) is 12.3 Å². The summed E-state index contributed by atoms with van der Waals surface area (Å²) in [6.07, 6.45) is 2.03. The average molecular weight is 313 g/mol. The number of nitrogens with two attached hydrogens (primary N) is 1. The average Bonchev–Trinajstić information content (AvgIpc) is 2.84. The van der Waals surface area contributed by atoms with Crippen molar-refractivity contribution in [2.45, 2.75) is 18.9 Å². The van der Waals surface area contributed by atoms with Gasteiger partial charge in [0.2, 0.25) is 0 Å². The molecule has 0 aromatic heterocycles. The number of rotatable bonds is 4. The maximum absolute atomic E-state index is 12.0. The summed E-state index contributed by atoms with van der Waals surface area (Å²) >= 11 is 3.36. The van der Waals surface area contributed by atoms with E-state index < -0.39 is 0 Å². The first-order valence-corrected chi connectivity index (χ1v) is 6.88. The lowest BCUT2D eigenvalue weighted by atomic mass is 10.2. The molecule has 1 fully saturated rings. The molecule has 5 heteroatoms. The Bertz CT molecular complexity index is 425. The highest BCUT2D eigenvalue weighted by atomic mass is 79.9. The van der Waals surface area contributed by atoms with Gasteiger partial charge in [-0.15, -0.1) is 0 Å². The molecule has 0 saturated carbocycles. The predicted molar refractivity (Wildman–Crippen MR) is 73.4 cm³/mol. The molecule has 2 N–H and O–H groups in total. The minimum atomic E-state index is 0.0166. The Kier molecular flexibility index (Phi) is 4.60. The largest absolute Gasteiger partial charge is 0.484 e. The van der Waals surface area contributed by atoms with Crippen LogP contribution in [-0.4, -0.2) is 36.5 Å². The number of hydrogen-bond acceptors (Lipinski definition) is 3. The van der Waals surface area contributed by atoms with Crippen molar-refractivity contribution < 1.29 is 9.53 Å². The molecule has 1 saturated heterocycles. The number of likely N-dealkylation sites (tertiary alicyclic amines) is 1. The lowest BCUT2D eigenvalue weighted by molar-refractivity contribution is -0.134. The predicted octanol–water partition coefficient (Wildman–Crippen LogP) is 1.78. The van der Waals surface area contributed by atoms with E-state index in [1.165, 1.54) is 0 Å². The Morgan fingerprint density at radius 3 is 3.11 bits per heavy atom. The third-order valence-corrected chi connectivity index (χ3v) is 3.62. The highest BCUT2D eigenvalue weighted by Crippen LogP contribution is 2.19. The van der Waals surface area contributed by atoms with Crippen LogP contribution < -0.4 is 10.5 Å². The standard InChI is InChI=1S/C13H17BrN2O2/c14-10-3-1-5-12(7-10)18-9-13(17)16-6-2-4-11(16)8-15/h1,3,5,7,11H,2,4,6,8-9,15H2. The Labute approximate surface area is 115 Å². The normalized spacial score (nSPS) is 19.0. The van der Waals surface area contributed by atoms with E-state index in [9.17, 15) is 4.79 Å². The van der Waals surface area contributed by atoms with Crippen molar-refractivity contribution in [1.29, 1.82) is 0 Å². The minimum absolute atomic E-state index is 0.0166. The van der Waals surface area contributed by atoms with Gasteiger partial charge in [0.25, 0.3) is 5.91 Å². The van der Waals surface area contributed by atoms with E-state index in [4.69, 9.17) is 10.5 Å². The first-order valence-electron chi connectivity index (χ1n) is 6.08. The number of amides is 1. The monoisotopic (exact) mass is 312 g/mol. The lowest BCUT2D eigenvalue weighted by Gasteiger charge is -2.23. The summed E-state index contributed by atoms with van der Waals surface area (Å²) in [5.74, 6) is 0.712. The Morgan fingerprint density at radius 1 is 1.56 bits per heavy atom. The second kappa shape index (κ2) is 6.20. The molecule has 1 aliphatic rings. The van der Waals surface area contributed by atoms with Gasteiger partial charge in [-0.25, -0.2) is 0 Å². The number of halogens is 1. The highest BCUT2D eigenvalue weighted by molar-refractivity contribution is 9.10. The van der Waals surface area contributed by atoms with E-state index in [1.807, 2.05) is 29.2 Å². The lowest BCUT2D eigenvalue weighted by Crippen LogP contribution is -2.42. The summed E-state index contributed by atoms with van der Waals surface area (Å²) in [5, 5.41) is 0. The number of carbonyl (C=O) groups excluding carboxylic acids is 1. The summed E-state index contributed by atoms with van der Waals surface area (Å²) in [6.45, 7) is 1.40. The summed E-state index contributed by atoms with van der Waals surface area (Å²) in [7, 11) is 0. The smallest absolute Gasteiger partial charge is 0.260 e. The van der Waals surface area contributed by atoms with Crippen LogP contribution in [0.15, 0.2) is 28.7 Å². The van der Waals surface area contributed by atoms with Crippen molar-refractivity contribution >= 4 is 21.8 Å². The molecule has 0 radical (unpaired) electrons. The molecule has 1 aliphatic heterocycles. The van der Waals surface area contributed by atoms with Gasteiger partial charge >= 0.3 is 0 Å². The summed E-state index contributed by atoms with van der Waals surface area (Å²) in [5.41, 5.74) is 5.65. The highest BCUT2D eigenvalue weighted by Gasteiger charge is 2.27. The molecule has 0 bridgehead atoms. The molecular formula is C13H17BrN2O2. The van der Waals surface area contributed by atoms with Gasteiger partial charge < -0.3 is 15.4 Å². The Balaban J connectivity index is 1.88. The molecule has 1 heterocycles. The molecule has 0 aliphatic carbocycles. The van der Waals surface area contributed by atoms with Crippen molar-refractivity contribution in [2.24, 2.45) is 5.73 Å². The third kappa shape index (κ3) is 3.23. The van der Waals surface area contributed by atoms with Crippen LogP contribution in [0.25, 0.3) is 0 Å². The van der Waals surface area contributed by atoms with Crippen molar-refractivity contribution in [3.8, 4) is 5.75 Å². The van der Waals surface area contributed by atoms with Gasteiger partial charge in [0, 0.05) is 23.6 Å². The summed E-state index contributed by atoms with van der Waals surface area (Å²) < 4.78 is 6.43. The zero-order valence-electron chi connectivity index (χ0n) is 10.1. The summed E-state index contributed by atoms with van der Waals surface area (Å²) in [6, 6.07) is 7.66. The fraction of sp³-hybridized carbons (Fsp3) is 0.462. The van der Waals surface area contributed by atoms with Crippen LogP contribution >= 0.6 is 15.9 Å². The molecule has 4 nitrogen and oxygen atoms in total. The molecule has 1 aromatic rings. The van der Waals surface area contributed by atoms with Crippen LogP contribution in [0.3, 0.4) is 0 Å². The van der Waals surface area contributed by atoms with Gasteiger partial charge in [-0.05, 0) is 31.0 Å².